The molecule has 0 radical (unpaired) electrons. The number of hydrogen-bond donors (Lipinski definition) is 1. The molecule has 1 N–H and O–H groups in total. The maximum atomic E-state index is 12.2. The lowest BCUT2D eigenvalue weighted by Crippen LogP contribution is -2.42. The minimum Gasteiger partial charge on any atom is -0.485 e. The number of benzene rings is 2. The van der Waals surface area contributed by atoms with E-state index in [1.807, 2.05) is 36.4 Å². The summed E-state index contributed by atoms with van der Waals surface area (Å²) in [6.07, 6.45) is 2.93. The Morgan fingerprint density at radius 3 is 2.74 bits per heavy atom. The molecule has 2 aromatic carbocycles. The van der Waals surface area contributed by atoms with Crippen LogP contribution in [0.15, 0.2) is 53.6 Å². The fourth-order valence-corrected chi connectivity index (χ4v) is 2.63. The van der Waals surface area contributed by atoms with Gasteiger partial charge in [-0.05, 0) is 42.8 Å². The minimum absolute atomic E-state index is 0.143. The van der Waals surface area contributed by atoms with Crippen molar-refractivity contribution in [1.82, 2.24) is 5.43 Å². The summed E-state index contributed by atoms with van der Waals surface area (Å²) in [5.74, 6) is 2.27. The van der Waals surface area contributed by atoms with Gasteiger partial charge in [0.1, 0.15) is 6.61 Å². The molecular formula is C20H18N2O5. The largest absolute Gasteiger partial charge is 0.485 e. The van der Waals surface area contributed by atoms with Crippen molar-refractivity contribution in [3.63, 3.8) is 0 Å². The van der Waals surface area contributed by atoms with Crippen LogP contribution in [0.2, 0.25) is 0 Å². The lowest BCUT2D eigenvalue weighted by Gasteiger charge is -2.24. The third kappa shape index (κ3) is 3.87. The molecule has 0 aromatic heterocycles. The molecule has 0 fully saturated rings. The number of fused-ring (bicyclic) bond motifs is 2. The molecule has 7 heteroatoms. The van der Waals surface area contributed by atoms with Crippen LogP contribution in [0.5, 0.6) is 23.0 Å². The van der Waals surface area contributed by atoms with Crippen LogP contribution in [0.4, 0.5) is 0 Å². The molecule has 138 valence electrons. The van der Waals surface area contributed by atoms with E-state index in [0.29, 0.717) is 17.2 Å². The molecular weight excluding hydrogens is 348 g/mol. The molecule has 1 amide bonds. The first-order valence-corrected chi connectivity index (χ1v) is 8.49. The summed E-state index contributed by atoms with van der Waals surface area (Å²) in [5, 5.41) is 4.08. The smallest absolute Gasteiger partial charge is 0.284 e. The average Bonchev–Trinajstić information content (AvgIpc) is 3.18. The Kier molecular flexibility index (Phi) is 4.65. The number of para-hydroxylation sites is 2. The molecule has 2 aliphatic heterocycles. The Bertz CT molecular complexity index is 922. The van der Waals surface area contributed by atoms with E-state index in [2.05, 4.69) is 10.5 Å². The highest BCUT2D eigenvalue weighted by atomic mass is 16.7. The third-order valence-electron chi connectivity index (χ3n) is 4.06. The molecule has 1 atom stereocenters. The fraction of sp³-hybridized carbons (Fsp3) is 0.200. The second kappa shape index (κ2) is 7.41. The Balaban J connectivity index is 1.34. The number of amides is 1. The van der Waals surface area contributed by atoms with Gasteiger partial charge in [0.2, 0.25) is 12.9 Å². The summed E-state index contributed by atoms with van der Waals surface area (Å²) in [4.78, 5) is 12.2. The van der Waals surface area contributed by atoms with E-state index >= 15 is 0 Å². The van der Waals surface area contributed by atoms with Gasteiger partial charge < -0.3 is 18.9 Å². The van der Waals surface area contributed by atoms with Crippen LogP contribution in [-0.2, 0) is 4.79 Å². The van der Waals surface area contributed by atoms with Crippen molar-refractivity contribution >= 4 is 17.7 Å². The van der Waals surface area contributed by atoms with Crippen LogP contribution in [0.1, 0.15) is 12.5 Å². The predicted molar refractivity (Wildman–Crippen MR) is 99.2 cm³/mol. The Morgan fingerprint density at radius 2 is 1.85 bits per heavy atom. The van der Waals surface area contributed by atoms with Crippen LogP contribution in [0.25, 0.3) is 6.08 Å². The van der Waals surface area contributed by atoms with Gasteiger partial charge in [-0.3, -0.25) is 4.79 Å². The number of ether oxygens (including phenoxy) is 4. The van der Waals surface area contributed by atoms with Crippen LogP contribution < -0.4 is 24.4 Å². The van der Waals surface area contributed by atoms with Crippen LogP contribution >= 0.6 is 0 Å². The van der Waals surface area contributed by atoms with E-state index in [0.717, 1.165) is 17.1 Å². The lowest BCUT2D eigenvalue weighted by molar-refractivity contribution is -0.130. The highest BCUT2D eigenvalue weighted by molar-refractivity contribution is 5.97. The number of nitrogens with one attached hydrogen (secondary N) is 1. The topological polar surface area (TPSA) is 78.4 Å². The lowest BCUT2D eigenvalue weighted by atomic mass is 10.2. The normalized spacial score (nSPS) is 17.8. The molecule has 2 heterocycles. The van der Waals surface area contributed by atoms with E-state index in [1.165, 1.54) is 0 Å². The van der Waals surface area contributed by atoms with E-state index in [9.17, 15) is 4.79 Å². The van der Waals surface area contributed by atoms with Gasteiger partial charge in [-0.1, -0.05) is 24.3 Å². The highest BCUT2D eigenvalue weighted by Gasteiger charge is 2.27. The Hall–Kier alpha value is -3.48. The fourth-order valence-electron chi connectivity index (χ4n) is 2.63. The zero-order valence-electron chi connectivity index (χ0n) is 14.7. The summed E-state index contributed by atoms with van der Waals surface area (Å²) in [5.41, 5.74) is 4.09. The minimum atomic E-state index is -0.741. The number of allylic oxidation sites excluding steroid dienone is 1. The van der Waals surface area contributed by atoms with E-state index in [4.69, 9.17) is 18.9 Å². The second-order valence-electron chi connectivity index (χ2n) is 6.04. The van der Waals surface area contributed by atoms with Crippen molar-refractivity contribution < 1.29 is 23.7 Å². The molecule has 2 aliphatic rings. The standard InChI is InChI=1S/C20H18N2O5/c1-13(6-7-14-8-9-16-18(10-14)26-12-25-16)21-22-20(23)19-11-24-15-4-2-3-5-17(15)27-19/h2-10,19H,11-12H2,1H3,(H,22,23)/b7-6+,21-13+/t19-/m0/s1. The molecule has 0 aliphatic carbocycles. The quantitative estimate of drug-likeness (QED) is 0.665. The number of rotatable bonds is 4. The zero-order chi connectivity index (χ0) is 18.6. The van der Waals surface area contributed by atoms with Gasteiger partial charge in [0, 0.05) is 0 Å². The molecule has 0 saturated heterocycles. The summed E-state index contributed by atoms with van der Waals surface area (Å²) < 4.78 is 21.8. The van der Waals surface area contributed by atoms with Gasteiger partial charge in [0.15, 0.2) is 23.0 Å². The van der Waals surface area contributed by atoms with E-state index in [-0.39, 0.29) is 19.3 Å². The summed E-state index contributed by atoms with van der Waals surface area (Å²) in [6.45, 7) is 2.17. The first-order chi connectivity index (χ1) is 13.2. The van der Waals surface area contributed by atoms with Gasteiger partial charge >= 0.3 is 0 Å². The Labute approximate surface area is 156 Å². The van der Waals surface area contributed by atoms with Crippen molar-refractivity contribution in [3.8, 4) is 23.0 Å². The number of carbonyl (C=O) groups is 1. The first-order valence-electron chi connectivity index (χ1n) is 8.49. The molecule has 0 unspecified atom stereocenters. The summed E-state index contributed by atoms with van der Waals surface area (Å²) in [7, 11) is 0. The van der Waals surface area contributed by atoms with Crippen LogP contribution in [0.3, 0.4) is 0 Å². The van der Waals surface area contributed by atoms with Crippen molar-refractivity contribution in [2.45, 2.75) is 13.0 Å². The number of nitrogens with zero attached hydrogens (tertiary/aromatic N) is 1. The number of hydrogen-bond acceptors (Lipinski definition) is 6. The average molecular weight is 366 g/mol. The van der Waals surface area contributed by atoms with Gasteiger partial charge in [0.05, 0.1) is 5.71 Å². The van der Waals surface area contributed by atoms with Crippen molar-refractivity contribution in [2.75, 3.05) is 13.4 Å². The van der Waals surface area contributed by atoms with Crippen LogP contribution in [0, 0.1) is 0 Å². The van der Waals surface area contributed by atoms with Gasteiger partial charge in [-0.15, -0.1) is 0 Å². The SMILES string of the molecule is CC(/C=C/c1ccc2c(c1)OCO2)=N\NC(=O)[C@@H]1COc2ccccc2O1. The van der Waals surface area contributed by atoms with Gasteiger partial charge in [-0.25, -0.2) is 5.43 Å². The molecule has 27 heavy (non-hydrogen) atoms. The number of carbonyl (C=O) groups excluding carboxylic acids is 1. The first kappa shape index (κ1) is 17.0. The van der Waals surface area contributed by atoms with Crippen LogP contribution in [-0.4, -0.2) is 31.1 Å². The molecule has 0 bridgehead atoms. The molecule has 2 aromatic rings. The second-order valence-corrected chi connectivity index (χ2v) is 6.04. The van der Waals surface area contributed by atoms with E-state index in [1.54, 1.807) is 25.1 Å². The number of hydrazone groups is 1. The zero-order valence-corrected chi connectivity index (χ0v) is 14.7. The Morgan fingerprint density at radius 1 is 1.07 bits per heavy atom. The summed E-state index contributed by atoms with van der Waals surface area (Å²) >= 11 is 0. The van der Waals surface area contributed by atoms with Gasteiger partial charge in [-0.2, -0.15) is 5.10 Å². The molecule has 0 spiro atoms. The van der Waals surface area contributed by atoms with E-state index < -0.39 is 6.10 Å². The van der Waals surface area contributed by atoms with Gasteiger partial charge in [0.25, 0.3) is 5.91 Å². The molecule has 0 saturated carbocycles. The van der Waals surface area contributed by atoms with Crippen molar-refractivity contribution in [3.05, 3.63) is 54.1 Å². The maximum absolute atomic E-state index is 12.2. The van der Waals surface area contributed by atoms with Crippen molar-refractivity contribution in [2.24, 2.45) is 5.10 Å². The monoisotopic (exact) mass is 366 g/mol. The summed E-state index contributed by atoms with van der Waals surface area (Å²) in [6, 6.07) is 12.9. The van der Waals surface area contributed by atoms with Crippen molar-refractivity contribution in [1.29, 1.82) is 0 Å². The highest BCUT2D eigenvalue weighted by Crippen LogP contribution is 2.33. The maximum Gasteiger partial charge on any atom is 0.284 e. The molecule has 7 nitrogen and oxygen atoms in total. The predicted octanol–water partition coefficient (Wildman–Crippen LogP) is 2.76. The molecule has 4 rings (SSSR count). The third-order valence-corrected chi connectivity index (χ3v) is 4.06.